The van der Waals surface area contributed by atoms with E-state index in [4.69, 9.17) is 17.3 Å². The Labute approximate surface area is 91.0 Å². The molecule has 1 aromatic rings. The molecule has 4 nitrogen and oxygen atoms in total. The Hall–Kier alpha value is -1.20. The van der Waals surface area contributed by atoms with Gasteiger partial charge in [-0.1, -0.05) is 17.7 Å². The average molecular weight is 233 g/mol. The van der Waals surface area contributed by atoms with Crippen LogP contribution in [0.5, 0.6) is 0 Å². The molecule has 0 saturated heterocycles. The van der Waals surface area contributed by atoms with Gasteiger partial charge in [0.2, 0.25) is 0 Å². The molecule has 0 unspecified atom stereocenters. The van der Waals surface area contributed by atoms with E-state index >= 15 is 0 Å². The Morgan fingerprint density at radius 3 is 2.80 bits per heavy atom. The number of alkyl halides is 1. The molecule has 82 valence electrons. The van der Waals surface area contributed by atoms with Gasteiger partial charge < -0.3 is 5.73 Å². The lowest BCUT2D eigenvalue weighted by atomic mass is 10.0. The van der Waals surface area contributed by atoms with Gasteiger partial charge in [-0.05, 0) is 18.1 Å². The Morgan fingerprint density at radius 2 is 2.27 bits per heavy atom. The summed E-state index contributed by atoms with van der Waals surface area (Å²) < 4.78 is 12.0. The number of benzene rings is 1. The molecule has 0 aliphatic heterocycles. The highest BCUT2D eigenvalue weighted by molar-refractivity contribution is 6.32. The van der Waals surface area contributed by atoms with Crippen LogP contribution in [0.2, 0.25) is 5.02 Å². The molecule has 1 atom stereocenters. The topological polar surface area (TPSA) is 69.2 Å². The van der Waals surface area contributed by atoms with E-state index in [0.29, 0.717) is 5.56 Å². The quantitative estimate of drug-likeness (QED) is 0.641. The molecular weight excluding hydrogens is 223 g/mol. The summed E-state index contributed by atoms with van der Waals surface area (Å²) in [4.78, 5) is 9.97. The summed E-state index contributed by atoms with van der Waals surface area (Å²) in [5, 5.41) is 10.6. The van der Waals surface area contributed by atoms with Crippen molar-refractivity contribution in [3.8, 4) is 0 Å². The monoisotopic (exact) mass is 232 g/mol. The van der Waals surface area contributed by atoms with E-state index in [1.165, 1.54) is 12.1 Å². The third kappa shape index (κ3) is 2.87. The molecule has 0 fully saturated rings. The van der Waals surface area contributed by atoms with Crippen molar-refractivity contribution in [1.29, 1.82) is 0 Å². The fourth-order valence-corrected chi connectivity index (χ4v) is 1.37. The highest BCUT2D eigenvalue weighted by Gasteiger charge is 2.15. The van der Waals surface area contributed by atoms with Crippen LogP contribution in [0.1, 0.15) is 18.0 Å². The first-order chi connectivity index (χ1) is 7.06. The van der Waals surface area contributed by atoms with E-state index in [1.807, 2.05) is 0 Å². The summed E-state index contributed by atoms with van der Waals surface area (Å²) in [6.07, 6.45) is 0.138. The lowest BCUT2D eigenvalue weighted by Crippen LogP contribution is -2.11. The molecule has 0 radical (unpaired) electrons. The minimum atomic E-state index is -0.589. The zero-order valence-electron chi connectivity index (χ0n) is 7.82. The Balaban J connectivity index is 3.02. The van der Waals surface area contributed by atoms with Crippen molar-refractivity contribution in [3.05, 3.63) is 38.9 Å². The molecule has 0 aliphatic rings. The number of nitrogens with zero attached hydrogens (tertiary/aromatic N) is 1. The van der Waals surface area contributed by atoms with Crippen LogP contribution in [-0.2, 0) is 0 Å². The van der Waals surface area contributed by atoms with Crippen molar-refractivity contribution >= 4 is 17.3 Å². The largest absolute Gasteiger partial charge is 0.324 e. The number of hydrogen-bond donors (Lipinski definition) is 1. The number of nitrogens with two attached hydrogens (primary N) is 1. The van der Waals surface area contributed by atoms with Gasteiger partial charge in [-0.25, -0.2) is 0 Å². The van der Waals surface area contributed by atoms with E-state index in [0.717, 1.165) is 0 Å². The lowest BCUT2D eigenvalue weighted by molar-refractivity contribution is -0.384. The first-order valence-corrected chi connectivity index (χ1v) is 4.69. The molecule has 0 saturated carbocycles. The third-order valence-corrected chi connectivity index (χ3v) is 2.33. The van der Waals surface area contributed by atoms with Gasteiger partial charge in [0.25, 0.3) is 5.69 Å². The fourth-order valence-electron chi connectivity index (χ4n) is 1.18. The molecule has 2 N–H and O–H groups in total. The van der Waals surface area contributed by atoms with Gasteiger partial charge in [0.15, 0.2) is 0 Å². The molecular formula is C9H10ClFN2O2. The van der Waals surface area contributed by atoms with Crippen LogP contribution in [0, 0.1) is 10.1 Å². The van der Waals surface area contributed by atoms with Crippen LogP contribution < -0.4 is 5.73 Å². The van der Waals surface area contributed by atoms with Crippen LogP contribution >= 0.6 is 11.6 Å². The van der Waals surface area contributed by atoms with Gasteiger partial charge >= 0.3 is 0 Å². The fraction of sp³-hybridized carbons (Fsp3) is 0.333. The highest BCUT2D eigenvalue weighted by Crippen LogP contribution is 2.27. The standard InChI is InChI=1S/C9H10ClFN2O2/c10-7-2-1-6(8(12)3-4-11)5-9(7)13(14)15/h1-2,5,8H,3-4,12H2/t8-/m1/s1. The normalized spacial score (nSPS) is 12.5. The van der Waals surface area contributed by atoms with Crippen LogP contribution in [0.25, 0.3) is 0 Å². The molecule has 1 aromatic carbocycles. The number of hydrogen-bond acceptors (Lipinski definition) is 3. The Morgan fingerprint density at radius 1 is 1.60 bits per heavy atom. The number of halogens is 2. The van der Waals surface area contributed by atoms with Gasteiger partial charge in [-0.15, -0.1) is 0 Å². The molecule has 0 bridgehead atoms. The van der Waals surface area contributed by atoms with Crippen molar-refractivity contribution in [1.82, 2.24) is 0 Å². The van der Waals surface area contributed by atoms with Crippen LogP contribution in [0.4, 0.5) is 10.1 Å². The number of rotatable bonds is 4. The summed E-state index contributed by atoms with van der Waals surface area (Å²) in [6.45, 7) is -0.558. The third-order valence-electron chi connectivity index (χ3n) is 2.02. The van der Waals surface area contributed by atoms with E-state index in [-0.39, 0.29) is 17.1 Å². The molecule has 0 aliphatic carbocycles. The Bertz CT molecular complexity index is 373. The summed E-state index contributed by atoms with van der Waals surface area (Å²) >= 11 is 5.62. The van der Waals surface area contributed by atoms with Crippen molar-refractivity contribution in [3.63, 3.8) is 0 Å². The molecule has 0 heterocycles. The maximum atomic E-state index is 12.0. The molecule has 0 amide bonds. The van der Waals surface area contributed by atoms with Crippen LogP contribution in [-0.4, -0.2) is 11.6 Å². The Kier molecular flexibility index (Phi) is 3.99. The van der Waals surface area contributed by atoms with Crippen LogP contribution in [0.3, 0.4) is 0 Å². The summed E-state index contributed by atoms with van der Waals surface area (Å²) in [6, 6.07) is 3.71. The molecule has 15 heavy (non-hydrogen) atoms. The second-order valence-corrected chi connectivity index (χ2v) is 3.46. The van der Waals surface area contributed by atoms with Gasteiger partial charge in [0.1, 0.15) is 5.02 Å². The maximum Gasteiger partial charge on any atom is 0.288 e. The van der Waals surface area contributed by atoms with E-state index in [1.54, 1.807) is 6.07 Å². The first kappa shape index (κ1) is 11.9. The minimum absolute atomic E-state index is 0.0520. The van der Waals surface area contributed by atoms with E-state index in [9.17, 15) is 14.5 Å². The molecule has 0 aromatic heterocycles. The van der Waals surface area contributed by atoms with Gasteiger partial charge in [0.05, 0.1) is 11.6 Å². The van der Waals surface area contributed by atoms with Crippen molar-refractivity contribution in [2.24, 2.45) is 5.73 Å². The SMILES string of the molecule is N[C@H](CCF)c1ccc(Cl)c([N+](=O)[O-])c1. The molecule has 1 rings (SSSR count). The summed E-state index contributed by atoms with van der Waals surface area (Å²) in [5.41, 5.74) is 5.93. The average Bonchev–Trinajstić information content (AvgIpc) is 2.18. The van der Waals surface area contributed by atoms with E-state index in [2.05, 4.69) is 0 Å². The summed E-state index contributed by atoms with van der Waals surface area (Å²) in [7, 11) is 0. The molecule has 0 spiro atoms. The van der Waals surface area contributed by atoms with Crippen molar-refractivity contribution < 1.29 is 9.31 Å². The molecule has 6 heteroatoms. The van der Waals surface area contributed by atoms with Gasteiger partial charge in [-0.3, -0.25) is 14.5 Å². The second-order valence-electron chi connectivity index (χ2n) is 3.05. The highest BCUT2D eigenvalue weighted by atomic mass is 35.5. The van der Waals surface area contributed by atoms with Crippen LogP contribution in [0.15, 0.2) is 18.2 Å². The smallest absolute Gasteiger partial charge is 0.288 e. The van der Waals surface area contributed by atoms with Crippen molar-refractivity contribution in [2.75, 3.05) is 6.67 Å². The van der Waals surface area contributed by atoms with Gasteiger partial charge in [0, 0.05) is 12.1 Å². The van der Waals surface area contributed by atoms with Crippen molar-refractivity contribution in [2.45, 2.75) is 12.5 Å². The second kappa shape index (κ2) is 5.04. The first-order valence-electron chi connectivity index (χ1n) is 4.31. The zero-order chi connectivity index (χ0) is 11.4. The predicted octanol–water partition coefficient (Wildman–Crippen LogP) is 2.61. The number of nitro groups is 1. The zero-order valence-corrected chi connectivity index (χ0v) is 8.58. The summed E-state index contributed by atoms with van der Waals surface area (Å²) in [5.74, 6) is 0. The maximum absolute atomic E-state index is 12.0. The van der Waals surface area contributed by atoms with Gasteiger partial charge in [-0.2, -0.15) is 0 Å². The number of nitro benzene ring substituents is 1. The minimum Gasteiger partial charge on any atom is -0.324 e. The predicted molar refractivity (Wildman–Crippen MR) is 55.6 cm³/mol. The van der Waals surface area contributed by atoms with E-state index < -0.39 is 17.6 Å². The lowest BCUT2D eigenvalue weighted by Gasteiger charge is -2.09.